The van der Waals surface area contributed by atoms with Gasteiger partial charge in [-0.25, -0.2) is 15.0 Å². The second-order valence-electron chi connectivity index (χ2n) is 4.18. The second kappa shape index (κ2) is 3.64. The summed E-state index contributed by atoms with van der Waals surface area (Å²) >= 11 is 0. The van der Waals surface area contributed by atoms with Crippen molar-refractivity contribution in [3.63, 3.8) is 0 Å². The van der Waals surface area contributed by atoms with Crippen LogP contribution in [0.2, 0.25) is 0 Å². The standard InChI is InChI=1S/C10H13N5O2/c1-5-6(16)2-7(17-5)15-4-14-8-9(11)12-3-13-10(8)15/h3-7,16H,2H2,1H3,(H2,11,12,13)/t5?,6-,7?/m1/s1. The van der Waals surface area contributed by atoms with E-state index in [-0.39, 0.29) is 12.3 Å². The molecule has 0 spiro atoms. The Morgan fingerprint density at radius 3 is 3.00 bits per heavy atom. The number of hydrogen-bond acceptors (Lipinski definition) is 6. The summed E-state index contributed by atoms with van der Waals surface area (Å²) in [5.74, 6) is 0.348. The minimum Gasteiger partial charge on any atom is -0.390 e. The van der Waals surface area contributed by atoms with Crippen LogP contribution in [-0.2, 0) is 4.74 Å². The van der Waals surface area contributed by atoms with Crippen molar-refractivity contribution < 1.29 is 9.84 Å². The fourth-order valence-electron chi connectivity index (χ4n) is 2.05. The summed E-state index contributed by atoms with van der Waals surface area (Å²) in [5, 5.41) is 9.68. The van der Waals surface area contributed by atoms with Gasteiger partial charge in [0.25, 0.3) is 0 Å². The van der Waals surface area contributed by atoms with Crippen molar-refractivity contribution in [1.82, 2.24) is 19.5 Å². The number of rotatable bonds is 1. The maximum absolute atomic E-state index is 9.68. The van der Waals surface area contributed by atoms with E-state index in [1.54, 1.807) is 10.9 Å². The van der Waals surface area contributed by atoms with Gasteiger partial charge in [0.1, 0.15) is 18.1 Å². The largest absolute Gasteiger partial charge is 0.390 e. The van der Waals surface area contributed by atoms with Gasteiger partial charge in [-0.3, -0.25) is 4.57 Å². The molecule has 2 aromatic rings. The monoisotopic (exact) mass is 235 g/mol. The zero-order valence-electron chi connectivity index (χ0n) is 9.32. The van der Waals surface area contributed by atoms with Gasteiger partial charge in [-0.15, -0.1) is 0 Å². The first-order valence-corrected chi connectivity index (χ1v) is 5.43. The zero-order chi connectivity index (χ0) is 12.0. The highest BCUT2D eigenvalue weighted by Crippen LogP contribution is 2.30. The van der Waals surface area contributed by atoms with E-state index in [0.717, 1.165) is 0 Å². The molecule has 3 atom stereocenters. The Labute approximate surface area is 97.3 Å². The van der Waals surface area contributed by atoms with Crippen LogP contribution in [0.25, 0.3) is 11.2 Å². The molecule has 3 heterocycles. The first-order chi connectivity index (χ1) is 8.16. The van der Waals surface area contributed by atoms with Crippen LogP contribution in [0.1, 0.15) is 19.6 Å². The number of nitrogens with zero attached hydrogens (tertiary/aromatic N) is 4. The van der Waals surface area contributed by atoms with E-state index in [4.69, 9.17) is 10.5 Å². The van der Waals surface area contributed by atoms with Crippen molar-refractivity contribution in [2.75, 3.05) is 5.73 Å². The van der Waals surface area contributed by atoms with Gasteiger partial charge in [-0.1, -0.05) is 0 Å². The van der Waals surface area contributed by atoms with E-state index in [1.807, 2.05) is 6.92 Å². The van der Waals surface area contributed by atoms with Crippen LogP contribution in [0.15, 0.2) is 12.7 Å². The number of anilines is 1. The molecular formula is C10H13N5O2. The van der Waals surface area contributed by atoms with Crippen molar-refractivity contribution >= 4 is 17.0 Å². The molecule has 17 heavy (non-hydrogen) atoms. The van der Waals surface area contributed by atoms with Gasteiger partial charge < -0.3 is 15.6 Å². The summed E-state index contributed by atoms with van der Waals surface area (Å²) in [6.07, 6.45) is 2.64. The molecule has 0 saturated carbocycles. The average molecular weight is 235 g/mol. The van der Waals surface area contributed by atoms with E-state index in [0.29, 0.717) is 23.4 Å². The number of hydrogen-bond donors (Lipinski definition) is 2. The Kier molecular flexibility index (Phi) is 2.23. The Hall–Kier alpha value is -1.73. The summed E-state index contributed by atoms with van der Waals surface area (Å²) in [6.45, 7) is 1.84. The lowest BCUT2D eigenvalue weighted by atomic mass is 10.2. The third-order valence-electron chi connectivity index (χ3n) is 3.05. The molecule has 7 nitrogen and oxygen atoms in total. The van der Waals surface area contributed by atoms with Crippen LogP contribution in [0.3, 0.4) is 0 Å². The highest BCUT2D eigenvalue weighted by atomic mass is 16.5. The average Bonchev–Trinajstić information content (AvgIpc) is 2.85. The van der Waals surface area contributed by atoms with Crippen LogP contribution in [0.4, 0.5) is 5.82 Å². The molecule has 0 radical (unpaired) electrons. The van der Waals surface area contributed by atoms with Crippen LogP contribution in [0, 0.1) is 0 Å². The number of nitrogen functional groups attached to an aromatic ring is 1. The quantitative estimate of drug-likeness (QED) is 0.726. The lowest BCUT2D eigenvalue weighted by Crippen LogP contribution is -2.15. The molecule has 3 rings (SSSR count). The normalized spacial score (nSPS) is 28.9. The maximum Gasteiger partial charge on any atom is 0.167 e. The van der Waals surface area contributed by atoms with E-state index in [9.17, 15) is 5.11 Å². The van der Waals surface area contributed by atoms with Crippen molar-refractivity contribution in [3.8, 4) is 0 Å². The Bertz CT molecular complexity index is 545. The Balaban J connectivity index is 2.04. The number of imidazole rings is 1. The Morgan fingerprint density at radius 1 is 1.47 bits per heavy atom. The van der Waals surface area contributed by atoms with E-state index in [2.05, 4.69) is 15.0 Å². The smallest absolute Gasteiger partial charge is 0.167 e. The van der Waals surface area contributed by atoms with Crippen LogP contribution in [0.5, 0.6) is 0 Å². The third-order valence-corrected chi connectivity index (χ3v) is 3.05. The van der Waals surface area contributed by atoms with Gasteiger partial charge in [-0.05, 0) is 6.92 Å². The van der Waals surface area contributed by atoms with Gasteiger partial charge in [0.05, 0.1) is 18.5 Å². The van der Waals surface area contributed by atoms with Gasteiger partial charge in [0, 0.05) is 6.42 Å². The molecular weight excluding hydrogens is 222 g/mol. The molecule has 0 amide bonds. The Morgan fingerprint density at radius 2 is 2.29 bits per heavy atom. The molecule has 0 bridgehead atoms. The summed E-state index contributed by atoms with van der Waals surface area (Å²) in [4.78, 5) is 12.2. The fraction of sp³-hybridized carbons (Fsp3) is 0.500. The fourth-order valence-corrected chi connectivity index (χ4v) is 2.05. The molecule has 1 aliphatic rings. The summed E-state index contributed by atoms with van der Waals surface area (Å²) < 4.78 is 7.42. The lowest BCUT2D eigenvalue weighted by molar-refractivity contribution is -0.00632. The number of nitrogens with two attached hydrogens (primary N) is 1. The summed E-state index contributed by atoms with van der Waals surface area (Å²) in [6, 6.07) is 0. The molecule has 1 saturated heterocycles. The van der Waals surface area contributed by atoms with E-state index in [1.165, 1.54) is 6.33 Å². The van der Waals surface area contributed by atoms with Crippen LogP contribution >= 0.6 is 0 Å². The minimum atomic E-state index is -0.461. The summed E-state index contributed by atoms with van der Waals surface area (Å²) in [7, 11) is 0. The second-order valence-corrected chi connectivity index (χ2v) is 4.18. The number of fused-ring (bicyclic) bond motifs is 1. The van der Waals surface area contributed by atoms with E-state index >= 15 is 0 Å². The summed E-state index contributed by atoms with van der Waals surface area (Å²) in [5.41, 5.74) is 6.89. The molecule has 0 aromatic carbocycles. The topological polar surface area (TPSA) is 99.1 Å². The van der Waals surface area contributed by atoms with Crippen molar-refractivity contribution in [2.24, 2.45) is 0 Å². The van der Waals surface area contributed by atoms with Crippen LogP contribution < -0.4 is 5.73 Å². The van der Waals surface area contributed by atoms with Gasteiger partial charge in [0.2, 0.25) is 0 Å². The molecule has 3 N–H and O–H groups in total. The third kappa shape index (κ3) is 1.55. The lowest BCUT2D eigenvalue weighted by Gasteiger charge is -2.12. The predicted molar refractivity (Wildman–Crippen MR) is 59.9 cm³/mol. The molecule has 0 aliphatic carbocycles. The first-order valence-electron chi connectivity index (χ1n) is 5.43. The van der Waals surface area contributed by atoms with Gasteiger partial charge in [-0.2, -0.15) is 0 Å². The maximum atomic E-state index is 9.68. The highest BCUT2D eigenvalue weighted by molar-refractivity contribution is 5.81. The van der Waals surface area contributed by atoms with Gasteiger partial charge >= 0.3 is 0 Å². The molecule has 2 unspecified atom stereocenters. The number of ether oxygens (including phenoxy) is 1. The highest BCUT2D eigenvalue weighted by Gasteiger charge is 2.32. The number of aliphatic hydroxyl groups is 1. The predicted octanol–water partition coefficient (Wildman–Crippen LogP) is 0.0768. The van der Waals surface area contributed by atoms with Crippen LogP contribution in [-0.4, -0.2) is 36.8 Å². The molecule has 1 fully saturated rings. The number of aromatic nitrogens is 4. The van der Waals surface area contributed by atoms with Crippen molar-refractivity contribution in [3.05, 3.63) is 12.7 Å². The SMILES string of the molecule is CC1OC(n2cnc3c(N)ncnc32)C[C@H]1O. The minimum absolute atomic E-state index is 0.184. The molecule has 1 aliphatic heterocycles. The molecule has 90 valence electrons. The zero-order valence-corrected chi connectivity index (χ0v) is 9.32. The van der Waals surface area contributed by atoms with Crippen molar-refractivity contribution in [1.29, 1.82) is 0 Å². The van der Waals surface area contributed by atoms with E-state index < -0.39 is 6.10 Å². The molecule has 7 heteroatoms. The first kappa shape index (κ1) is 10.4. The molecule has 2 aromatic heterocycles. The number of aliphatic hydroxyl groups excluding tert-OH is 1. The van der Waals surface area contributed by atoms with Gasteiger partial charge in [0.15, 0.2) is 11.5 Å². The van der Waals surface area contributed by atoms with Crippen molar-refractivity contribution in [2.45, 2.75) is 31.8 Å².